The second-order valence-corrected chi connectivity index (χ2v) is 10.3. The zero-order chi connectivity index (χ0) is 18.0. The molecule has 1 unspecified atom stereocenters. The molecule has 140 valence electrons. The Morgan fingerprint density at radius 3 is 2.25 bits per heavy atom. The van der Waals surface area contributed by atoms with Gasteiger partial charge in [0.2, 0.25) is 10.0 Å². The van der Waals surface area contributed by atoms with Crippen molar-refractivity contribution < 1.29 is 17.9 Å². The number of hydrazine groups is 1. The van der Waals surface area contributed by atoms with E-state index in [1.165, 1.54) is 0 Å². The highest BCUT2D eigenvalue weighted by Gasteiger charge is 2.37. The summed E-state index contributed by atoms with van der Waals surface area (Å²) in [6, 6.07) is 0.0847. The number of hydrogen-bond acceptors (Lipinski definition) is 5. The molecule has 0 bridgehead atoms. The van der Waals surface area contributed by atoms with Gasteiger partial charge in [-0.25, -0.2) is 22.9 Å². The summed E-state index contributed by atoms with van der Waals surface area (Å²) < 4.78 is 32.2. The van der Waals surface area contributed by atoms with Gasteiger partial charge in [-0.2, -0.15) is 0 Å². The van der Waals surface area contributed by atoms with Gasteiger partial charge in [-0.3, -0.25) is 5.43 Å². The molecule has 0 spiro atoms. The lowest BCUT2D eigenvalue weighted by molar-refractivity contribution is 0.0482. The van der Waals surface area contributed by atoms with Crippen LogP contribution in [0.5, 0.6) is 0 Å². The predicted molar refractivity (Wildman–Crippen MR) is 92.8 cm³/mol. The molecule has 2 fully saturated rings. The topological polar surface area (TPSA) is 87.7 Å². The van der Waals surface area contributed by atoms with E-state index in [1.807, 2.05) is 20.8 Å². The first-order valence-electron chi connectivity index (χ1n) is 8.81. The lowest BCUT2D eigenvalue weighted by Gasteiger charge is -2.31. The number of ether oxygens (including phenoxy) is 1. The minimum Gasteiger partial charge on any atom is -0.443 e. The van der Waals surface area contributed by atoms with Gasteiger partial charge in [0.1, 0.15) is 5.60 Å². The van der Waals surface area contributed by atoms with Crippen LogP contribution in [-0.2, 0) is 14.8 Å². The zero-order valence-corrected chi connectivity index (χ0v) is 16.0. The van der Waals surface area contributed by atoms with Crippen LogP contribution in [0.1, 0.15) is 59.8 Å². The number of nitrogens with one attached hydrogen (secondary N) is 2. The van der Waals surface area contributed by atoms with Gasteiger partial charge in [0.05, 0.1) is 5.25 Å². The molecule has 0 radical (unpaired) electrons. The molecule has 0 aromatic carbocycles. The molecule has 2 N–H and O–H groups in total. The van der Waals surface area contributed by atoms with Crippen LogP contribution >= 0.6 is 0 Å². The molecule has 1 aliphatic carbocycles. The summed E-state index contributed by atoms with van der Waals surface area (Å²) in [5.74, 6) is 0.454. The molecule has 1 atom stereocenters. The molecular weight excluding hydrogens is 330 g/mol. The number of hydrogen-bond donors (Lipinski definition) is 2. The predicted octanol–water partition coefficient (Wildman–Crippen LogP) is 2.00. The summed E-state index contributed by atoms with van der Waals surface area (Å²) in [4.78, 5) is 11.6. The molecule has 8 heteroatoms. The average molecular weight is 362 g/mol. The van der Waals surface area contributed by atoms with Crippen molar-refractivity contribution in [3.63, 3.8) is 0 Å². The first-order valence-corrected chi connectivity index (χ1v) is 10.3. The monoisotopic (exact) mass is 361 g/mol. The van der Waals surface area contributed by atoms with Gasteiger partial charge in [0.15, 0.2) is 0 Å². The third-order valence-electron chi connectivity index (χ3n) is 4.62. The summed E-state index contributed by atoms with van der Waals surface area (Å²) in [7, 11) is -3.18. The van der Waals surface area contributed by atoms with Gasteiger partial charge in [-0.15, -0.1) is 0 Å². The molecule has 2 rings (SSSR count). The molecular formula is C16H31N3O4S. The highest BCUT2D eigenvalue weighted by Crippen LogP contribution is 2.29. The van der Waals surface area contributed by atoms with E-state index in [0.717, 1.165) is 19.3 Å². The van der Waals surface area contributed by atoms with E-state index in [0.29, 0.717) is 31.8 Å². The summed E-state index contributed by atoms with van der Waals surface area (Å²) in [5.41, 5.74) is 4.97. The Morgan fingerprint density at radius 2 is 1.75 bits per heavy atom. The first-order chi connectivity index (χ1) is 11.1. The Labute approximate surface area is 145 Å². The highest BCUT2D eigenvalue weighted by atomic mass is 32.2. The van der Waals surface area contributed by atoms with Crippen LogP contribution in [0.4, 0.5) is 4.79 Å². The van der Waals surface area contributed by atoms with Crippen molar-refractivity contribution in [2.75, 3.05) is 13.1 Å². The van der Waals surface area contributed by atoms with Gasteiger partial charge >= 0.3 is 6.09 Å². The smallest absolute Gasteiger partial charge is 0.422 e. The number of nitrogens with zero attached hydrogens (tertiary/aromatic N) is 1. The second kappa shape index (κ2) is 7.58. The van der Waals surface area contributed by atoms with E-state index in [-0.39, 0.29) is 11.3 Å². The Balaban J connectivity index is 1.76. The van der Waals surface area contributed by atoms with Crippen LogP contribution in [0.3, 0.4) is 0 Å². The highest BCUT2D eigenvalue weighted by molar-refractivity contribution is 7.89. The Kier molecular flexibility index (Phi) is 6.14. The molecule has 2 aliphatic rings. The fraction of sp³-hybridized carbons (Fsp3) is 0.938. The van der Waals surface area contributed by atoms with Crippen molar-refractivity contribution in [3.8, 4) is 0 Å². The second-order valence-electron chi connectivity index (χ2n) is 8.04. The molecule has 0 aromatic rings. The van der Waals surface area contributed by atoms with Crippen molar-refractivity contribution in [1.82, 2.24) is 15.2 Å². The van der Waals surface area contributed by atoms with Crippen LogP contribution in [0.15, 0.2) is 0 Å². The van der Waals surface area contributed by atoms with E-state index in [2.05, 4.69) is 17.8 Å². The maximum atomic E-state index is 12.7. The zero-order valence-electron chi connectivity index (χ0n) is 15.2. The lowest BCUT2D eigenvalue weighted by atomic mass is 9.95. The molecule has 1 saturated carbocycles. The third-order valence-corrected chi connectivity index (χ3v) is 6.98. The molecule has 1 amide bonds. The van der Waals surface area contributed by atoms with E-state index < -0.39 is 21.7 Å². The van der Waals surface area contributed by atoms with Crippen molar-refractivity contribution >= 4 is 16.1 Å². The van der Waals surface area contributed by atoms with Crippen LogP contribution in [0, 0.1) is 5.92 Å². The Hall–Kier alpha value is -0.860. The SMILES string of the molecule is CC1CCN(S(=O)(=O)[C@H]2CC[C@H](NNC(=O)OC(C)(C)C)CC2)C1. The van der Waals surface area contributed by atoms with Crippen LogP contribution < -0.4 is 10.9 Å². The van der Waals surface area contributed by atoms with E-state index in [4.69, 9.17) is 4.74 Å². The number of amides is 1. The molecule has 0 aromatic heterocycles. The van der Waals surface area contributed by atoms with Crippen molar-refractivity contribution in [3.05, 3.63) is 0 Å². The van der Waals surface area contributed by atoms with Crippen LogP contribution in [0.2, 0.25) is 0 Å². The lowest BCUT2D eigenvalue weighted by Crippen LogP contribution is -2.49. The van der Waals surface area contributed by atoms with Crippen LogP contribution in [-0.4, -0.2) is 48.8 Å². The third kappa shape index (κ3) is 5.32. The van der Waals surface area contributed by atoms with Gasteiger partial charge in [0, 0.05) is 19.1 Å². The van der Waals surface area contributed by atoms with Crippen molar-refractivity contribution in [2.45, 2.75) is 76.7 Å². The largest absolute Gasteiger partial charge is 0.443 e. The summed E-state index contributed by atoms with van der Waals surface area (Å²) >= 11 is 0. The van der Waals surface area contributed by atoms with Crippen molar-refractivity contribution in [1.29, 1.82) is 0 Å². The quantitative estimate of drug-likeness (QED) is 0.748. The fourth-order valence-corrected chi connectivity index (χ4v) is 5.42. The van der Waals surface area contributed by atoms with E-state index in [9.17, 15) is 13.2 Å². The van der Waals surface area contributed by atoms with Crippen molar-refractivity contribution in [2.24, 2.45) is 5.92 Å². The number of sulfonamides is 1. The summed E-state index contributed by atoms with van der Waals surface area (Å²) in [6.45, 7) is 8.83. The molecule has 1 aliphatic heterocycles. The Morgan fingerprint density at radius 1 is 1.12 bits per heavy atom. The molecule has 7 nitrogen and oxygen atoms in total. The van der Waals surface area contributed by atoms with Gasteiger partial charge in [0.25, 0.3) is 0 Å². The van der Waals surface area contributed by atoms with Gasteiger partial charge in [-0.05, 0) is 58.8 Å². The number of carbonyl (C=O) groups is 1. The fourth-order valence-electron chi connectivity index (χ4n) is 3.31. The Bertz CT molecular complexity index is 536. The minimum atomic E-state index is -3.18. The van der Waals surface area contributed by atoms with Gasteiger partial charge in [-0.1, -0.05) is 6.92 Å². The normalized spacial score (nSPS) is 29.4. The number of carbonyl (C=O) groups excluding carboxylic acids is 1. The summed E-state index contributed by atoms with van der Waals surface area (Å²) in [6.07, 6.45) is 3.15. The maximum absolute atomic E-state index is 12.7. The standard InChI is InChI=1S/C16H31N3O4S/c1-12-9-10-19(11-12)24(21,22)14-7-5-13(6-8-14)17-18-15(20)23-16(2,3)4/h12-14,17H,5-11H2,1-4H3,(H,18,20)/t12?,13-,14-. The number of rotatable bonds is 4. The first kappa shape index (κ1) is 19.5. The molecule has 24 heavy (non-hydrogen) atoms. The van der Waals surface area contributed by atoms with E-state index in [1.54, 1.807) is 4.31 Å². The van der Waals surface area contributed by atoms with Gasteiger partial charge < -0.3 is 4.74 Å². The maximum Gasteiger partial charge on any atom is 0.422 e. The minimum absolute atomic E-state index is 0.0847. The van der Waals surface area contributed by atoms with Crippen LogP contribution in [0.25, 0.3) is 0 Å². The molecule has 1 heterocycles. The van der Waals surface area contributed by atoms with E-state index >= 15 is 0 Å². The summed E-state index contributed by atoms with van der Waals surface area (Å²) in [5, 5.41) is -0.289. The average Bonchev–Trinajstić information content (AvgIpc) is 2.91. The molecule has 1 saturated heterocycles.